The molecule has 0 fully saturated rings. The first-order chi connectivity index (χ1) is 13.8. The molecule has 0 aromatic heterocycles. The van der Waals surface area contributed by atoms with Crippen molar-refractivity contribution in [3.63, 3.8) is 0 Å². The second kappa shape index (κ2) is 8.49. The predicted molar refractivity (Wildman–Crippen MR) is 110 cm³/mol. The number of aryl methyl sites for hydroxylation is 1. The minimum absolute atomic E-state index is 0.111. The van der Waals surface area contributed by atoms with E-state index in [2.05, 4.69) is 4.99 Å². The number of nitrogens with zero attached hydrogens (tertiary/aromatic N) is 3. The Kier molecular flexibility index (Phi) is 5.85. The number of aliphatic imine (C=N–C) groups is 1. The van der Waals surface area contributed by atoms with E-state index in [9.17, 15) is 20.2 Å². The van der Waals surface area contributed by atoms with E-state index in [0.29, 0.717) is 22.0 Å². The Labute approximate surface area is 170 Å². The maximum Gasteiger partial charge on any atom is 0.318 e. The number of nitro groups is 2. The summed E-state index contributed by atoms with van der Waals surface area (Å²) in [5, 5.41) is 22.8. The molecule has 0 saturated carbocycles. The molecule has 146 valence electrons. The number of halogens is 1. The molecule has 0 atom stereocenters. The smallest absolute Gasteiger partial charge is 0.318 e. The molecule has 9 heteroatoms. The monoisotopic (exact) mass is 411 g/mol. The van der Waals surface area contributed by atoms with Crippen LogP contribution in [0.15, 0.2) is 65.7 Å². The van der Waals surface area contributed by atoms with Gasteiger partial charge in [-0.2, -0.15) is 0 Å². The number of benzene rings is 3. The SMILES string of the molecule is Cc1ccc(N=Cc2ccccc2Oc2ccc([N+](=O)[O-])cc2[N+](=O)[O-])cc1Cl. The van der Waals surface area contributed by atoms with E-state index in [1.807, 2.05) is 19.1 Å². The number of rotatable bonds is 6. The number of nitro benzene ring substituents is 2. The summed E-state index contributed by atoms with van der Waals surface area (Å²) >= 11 is 6.11. The van der Waals surface area contributed by atoms with Gasteiger partial charge >= 0.3 is 5.69 Å². The van der Waals surface area contributed by atoms with Crippen LogP contribution in [-0.4, -0.2) is 16.1 Å². The molecule has 0 aliphatic carbocycles. The lowest BCUT2D eigenvalue weighted by molar-refractivity contribution is -0.394. The van der Waals surface area contributed by atoms with Crippen molar-refractivity contribution in [2.75, 3.05) is 0 Å². The highest BCUT2D eigenvalue weighted by Crippen LogP contribution is 2.35. The van der Waals surface area contributed by atoms with Crippen LogP contribution in [-0.2, 0) is 0 Å². The number of hydrogen-bond donors (Lipinski definition) is 0. The Balaban J connectivity index is 1.93. The van der Waals surface area contributed by atoms with Crippen molar-refractivity contribution in [3.8, 4) is 11.5 Å². The second-order valence-electron chi connectivity index (χ2n) is 6.00. The average Bonchev–Trinajstić information content (AvgIpc) is 2.69. The summed E-state index contributed by atoms with van der Waals surface area (Å²) in [5.41, 5.74) is 1.24. The third-order valence-corrected chi connectivity index (χ3v) is 4.40. The number of non-ortho nitro benzene ring substituents is 1. The molecule has 0 aliphatic heterocycles. The van der Waals surface area contributed by atoms with Crippen molar-refractivity contribution in [2.24, 2.45) is 4.99 Å². The molecular formula is C20H14ClN3O5. The fourth-order valence-electron chi connectivity index (χ4n) is 2.45. The zero-order valence-electron chi connectivity index (χ0n) is 15.1. The number of para-hydroxylation sites is 1. The summed E-state index contributed by atoms with van der Waals surface area (Å²) in [6.45, 7) is 1.88. The molecule has 0 heterocycles. The first-order valence-corrected chi connectivity index (χ1v) is 8.73. The Hall–Kier alpha value is -3.78. The standard InChI is InChI=1S/C20H14ClN3O5/c1-13-6-7-15(10-17(13)21)22-12-14-4-2-3-5-19(14)29-20-9-8-16(23(25)26)11-18(20)24(27)28/h2-12H,1H3. The minimum Gasteiger partial charge on any atom is -0.449 e. The number of hydrogen-bond acceptors (Lipinski definition) is 6. The van der Waals surface area contributed by atoms with Crippen LogP contribution in [0.25, 0.3) is 0 Å². The highest BCUT2D eigenvalue weighted by atomic mass is 35.5. The van der Waals surface area contributed by atoms with E-state index in [-0.39, 0.29) is 5.75 Å². The lowest BCUT2D eigenvalue weighted by atomic mass is 10.2. The van der Waals surface area contributed by atoms with Crippen LogP contribution in [0.2, 0.25) is 5.02 Å². The molecule has 8 nitrogen and oxygen atoms in total. The maximum atomic E-state index is 11.3. The average molecular weight is 412 g/mol. The van der Waals surface area contributed by atoms with Crippen LogP contribution >= 0.6 is 11.6 Å². The molecule has 0 bridgehead atoms. The van der Waals surface area contributed by atoms with E-state index in [4.69, 9.17) is 16.3 Å². The molecule has 29 heavy (non-hydrogen) atoms. The van der Waals surface area contributed by atoms with Crippen LogP contribution in [0, 0.1) is 27.2 Å². The van der Waals surface area contributed by atoms with Crippen LogP contribution in [0.4, 0.5) is 17.1 Å². The predicted octanol–water partition coefficient (Wildman–Crippen LogP) is 6.01. The second-order valence-corrected chi connectivity index (χ2v) is 6.41. The van der Waals surface area contributed by atoms with Gasteiger partial charge in [0.1, 0.15) is 5.75 Å². The summed E-state index contributed by atoms with van der Waals surface area (Å²) in [5.74, 6) is 0.200. The zero-order valence-corrected chi connectivity index (χ0v) is 15.9. The van der Waals surface area contributed by atoms with Gasteiger partial charge in [-0.05, 0) is 42.8 Å². The summed E-state index contributed by atoms with van der Waals surface area (Å²) in [6.07, 6.45) is 1.55. The van der Waals surface area contributed by atoms with Crippen LogP contribution < -0.4 is 4.74 Å². The van der Waals surface area contributed by atoms with Crippen LogP contribution in [0.1, 0.15) is 11.1 Å². The third kappa shape index (κ3) is 4.74. The largest absolute Gasteiger partial charge is 0.449 e. The van der Waals surface area contributed by atoms with Gasteiger partial charge < -0.3 is 4.74 Å². The maximum absolute atomic E-state index is 11.3. The minimum atomic E-state index is -0.729. The van der Waals surface area contributed by atoms with Crippen LogP contribution in [0.3, 0.4) is 0 Å². The van der Waals surface area contributed by atoms with Crippen molar-refractivity contribution in [1.82, 2.24) is 0 Å². The molecule has 3 rings (SSSR count). The molecule has 3 aromatic rings. The normalized spacial score (nSPS) is 10.8. The Morgan fingerprint density at radius 2 is 1.72 bits per heavy atom. The zero-order chi connectivity index (χ0) is 21.0. The fraction of sp³-hybridized carbons (Fsp3) is 0.0500. The topological polar surface area (TPSA) is 108 Å². The fourth-order valence-corrected chi connectivity index (χ4v) is 2.63. The molecule has 0 N–H and O–H groups in total. The summed E-state index contributed by atoms with van der Waals surface area (Å²) in [6, 6.07) is 15.4. The summed E-state index contributed by atoms with van der Waals surface area (Å²) in [7, 11) is 0. The Bertz CT molecular complexity index is 1130. The van der Waals surface area contributed by atoms with Crippen molar-refractivity contribution in [2.45, 2.75) is 6.92 Å². The molecule has 0 saturated heterocycles. The van der Waals surface area contributed by atoms with Crippen LogP contribution in [0.5, 0.6) is 11.5 Å². The van der Waals surface area contributed by atoms with Crippen molar-refractivity contribution in [3.05, 3.63) is 97.0 Å². The van der Waals surface area contributed by atoms with Gasteiger partial charge in [0.2, 0.25) is 5.75 Å². The van der Waals surface area contributed by atoms with Gasteiger partial charge in [0, 0.05) is 22.9 Å². The Morgan fingerprint density at radius 1 is 0.966 bits per heavy atom. The first kappa shape index (κ1) is 20.0. The van der Waals surface area contributed by atoms with E-state index in [1.54, 1.807) is 36.5 Å². The van der Waals surface area contributed by atoms with Gasteiger partial charge in [0.05, 0.1) is 21.6 Å². The lowest BCUT2D eigenvalue weighted by Gasteiger charge is -2.09. The molecule has 0 aliphatic rings. The number of ether oxygens (including phenoxy) is 1. The van der Waals surface area contributed by atoms with Crippen molar-refractivity contribution in [1.29, 1.82) is 0 Å². The highest BCUT2D eigenvalue weighted by Gasteiger charge is 2.21. The van der Waals surface area contributed by atoms with E-state index in [1.165, 1.54) is 6.07 Å². The van der Waals surface area contributed by atoms with Gasteiger partial charge in [-0.3, -0.25) is 25.2 Å². The van der Waals surface area contributed by atoms with E-state index in [0.717, 1.165) is 17.7 Å². The van der Waals surface area contributed by atoms with E-state index >= 15 is 0 Å². The molecule has 0 amide bonds. The van der Waals surface area contributed by atoms with Gasteiger partial charge in [0.25, 0.3) is 5.69 Å². The van der Waals surface area contributed by atoms with E-state index < -0.39 is 21.2 Å². The Morgan fingerprint density at radius 3 is 2.41 bits per heavy atom. The molecule has 0 spiro atoms. The van der Waals surface area contributed by atoms with Crippen molar-refractivity contribution >= 4 is 34.9 Å². The molecule has 0 unspecified atom stereocenters. The molecule has 0 radical (unpaired) electrons. The summed E-state index contributed by atoms with van der Waals surface area (Å²) < 4.78 is 5.69. The molecular weight excluding hydrogens is 398 g/mol. The first-order valence-electron chi connectivity index (χ1n) is 8.35. The quantitative estimate of drug-likeness (QED) is 0.280. The van der Waals surface area contributed by atoms with Gasteiger partial charge in [-0.15, -0.1) is 0 Å². The third-order valence-electron chi connectivity index (χ3n) is 4.00. The van der Waals surface area contributed by atoms with Gasteiger partial charge in [-0.25, -0.2) is 0 Å². The lowest BCUT2D eigenvalue weighted by Crippen LogP contribution is -1.97. The van der Waals surface area contributed by atoms with Gasteiger partial charge in [-0.1, -0.05) is 29.8 Å². The highest BCUT2D eigenvalue weighted by molar-refractivity contribution is 6.31. The van der Waals surface area contributed by atoms with Gasteiger partial charge in [0.15, 0.2) is 0 Å². The molecule has 3 aromatic carbocycles. The van der Waals surface area contributed by atoms with Crippen molar-refractivity contribution < 1.29 is 14.6 Å². The summed E-state index contributed by atoms with van der Waals surface area (Å²) in [4.78, 5) is 25.1.